The standard InChI is InChI=1S/C14H25NO2/c1-5-8-14(17,11(2)3)12(4)13(16)15-9-6-7-10-15/h5,8,11-12,17H,6-7,9-10H2,1-4H3/b8-5-. The van der Waals surface area contributed by atoms with Gasteiger partial charge in [0, 0.05) is 13.1 Å². The first-order valence-electron chi connectivity index (χ1n) is 6.58. The van der Waals surface area contributed by atoms with E-state index in [4.69, 9.17) is 0 Å². The second-order valence-electron chi connectivity index (χ2n) is 5.30. The highest BCUT2D eigenvalue weighted by Gasteiger charge is 2.40. The van der Waals surface area contributed by atoms with Gasteiger partial charge in [-0.2, -0.15) is 0 Å². The van der Waals surface area contributed by atoms with Crippen LogP contribution in [0.2, 0.25) is 0 Å². The maximum atomic E-state index is 12.3. The minimum Gasteiger partial charge on any atom is -0.385 e. The Bertz CT molecular complexity index is 293. The summed E-state index contributed by atoms with van der Waals surface area (Å²) in [5.41, 5.74) is -1.03. The van der Waals surface area contributed by atoms with Gasteiger partial charge in [0.25, 0.3) is 0 Å². The number of aliphatic hydroxyl groups is 1. The summed E-state index contributed by atoms with van der Waals surface area (Å²) in [7, 11) is 0. The van der Waals surface area contributed by atoms with Crippen LogP contribution in [0.1, 0.15) is 40.5 Å². The molecule has 17 heavy (non-hydrogen) atoms. The summed E-state index contributed by atoms with van der Waals surface area (Å²) in [5.74, 6) is -0.270. The number of carbonyl (C=O) groups excluding carboxylic acids is 1. The molecule has 3 heteroatoms. The smallest absolute Gasteiger partial charge is 0.228 e. The predicted octanol–water partition coefficient (Wildman–Crippen LogP) is 2.21. The number of hydrogen-bond acceptors (Lipinski definition) is 2. The molecule has 0 aromatic rings. The topological polar surface area (TPSA) is 40.5 Å². The monoisotopic (exact) mass is 239 g/mol. The molecule has 0 bridgehead atoms. The average Bonchev–Trinajstić information content (AvgIpc) is 2.80. The summed E-state index contributed by atoms with van der Waals surface area (Å²) < 4.78 is 0. The van der Waals surface area contributed by atoms with Gasteiger partial charge in [0.15, 0.2) is 0 Å². The first-order chi connectivity index (χ1) is 7.93. The van der Waals surface area contributed by atoms with Crippen LogP contribution in [0.25, 0.3) is 0 Å². The van der Waals surface area contributed by atoms with Crippen LogP contribution in [0.15, 0.2) is 12.2 Å². The number of carbonyl (C=O) groups is 1. The first-order valence-corrected chi connectivity index (χ1v) is 6.58. The number of hydrogen-bond donors (Lipinski definition) is 1. The maximum Gasteiger partial charge on any atom is 0.228 e. The second kappa shape index (κ2) is 5.67. The van der Waals surface area contributed by atoms with E-state index in [1.165, 1.54) is 0 Å². The van der Waals surface area contributed by atoms with Crippen LogP contribution in [-0.2, 0) is 4.79 Å². The number of allylic oxidation sites excluding steroid dienone is 1. The largest absolute Gasteiger partial charge is 0.385 e. The average molecular weight is 239 g/mol. The molecule has 1 aliphatic heterocycles. The third-order valence-electron chi connectivity index (χ3n) is 3.84. The van der Waals surface area contributed by atoms with Crippen molar-refractivity contribution >= 4 is 5.91 Å². The van der Waals surface area contributed by atoms with Gasteiger partial charge in [-0.3, -0.25) is 4.79 Å². The number of rotatable bonds is 4. The van der Waals surface area contributed by atoms with Crippen molar-refractivity contribution in [3.8, 4) is 0 Å². The Kier molecular flexibility index (Phi) is 4.75. The van der Waals surface area contributed by atoms with Crippen LogP contribution in [0, 0.1) is 11.8 Å². The van der Waals surface area contributed by atoms with Gasteiger partial charge >= 0.3 is 0 Å². The van der Waals surface area contributed by atoms with Crippen molar-refractivity contribution in [3.63, 3.8) is 0 Å². The van der Waals surface area contributed by atoms with Crippen molar-refractivity contribution in [2.24, 2.45) is 11.8 Å². The van der Waals surface area contributed by atoms with Gasteiger partial charge in [0.2, 0.25) is 5.91 Å². The van der Waals surface area contributed by atoms with Crippen molar-refractivity contribution in [3.05, 3.63) is 12.2 Å². The van der Waals surface area contributed by atoms with Gasteiger partial charge in [0.1, 0.15) is 0 Å². The quantitative estimate of drug-likeness (QED) is 0.764. The molecule has 1 aliphatic rings. The summed E-state index contributed by atoms with van der Waals surface area (Å²) in [6.07, 6.45) is 5.76. The summed E-state index contributed by atoms with van der Waals surface area (Å²) in [6.45, 7) is 9.29. The molecule has 0 saturated carbocycles. The molecule has 1 saturated heterocycles. The SMILES string of the molecule is C/C=C\C(O)(C(C)C)C(C)C(=O)N1CCCC1. The summed E-state index contributed by atoms with van der Waals surface area (Å²) in [6, 6.07) is 0. The van der Waals surface area contributed by atoms with Gasteiger partial charge in [-0.25, -0.2) is 0 Å². The molecule has 0 radical (unpaired) electrons. The lowest BCUT2D eigenvalue weighted by Gasteiger charge is -2.36. The molecular weight excluding hydrogens is 214 g/mol. The highest BCUT2D eigenvalue weighted by Crippen LogP contribution is 2.30. The predicted molar refractivity (Wildman–Crippen MR) is 69.6 cm³/mol. The fourth-order valence-electron chi connectivity index (χ4n) is 2.51. The van der Waals surface area contributed by atoms with E-state index in [0.717, 1.165) is 25.9 Å². The fraction of sp³-hybridized carbons (Fsp3) is 0.786. The minimum absolute atomic E-state index is 0.0280. The first kappa shape index (κ1) is 14.2. The van der Waals surface area contributed by atoms with Crippen LogP contribution < -0.4 is 0 Å². The zero-order chi connectivity index (χ0) is 13.1. The van der Waals surface area contributed by atoms with E-state index in [9.17, 15) is 9.90 Å². The summed E-state index contributed by atoms with van der Waals surface area (Å²) >= 11 is 0. The molecular formula is C14H25NO2. The highest BCUT2D eigenvalue weighted by molar-refractivity contribution is 5.80. The molecule has 98 valence electrons. The summed E-state index contributed by atoms with van der Waals surface area (Å²) in [4.78, 5) is 14.2. The summed E-state index contributed by atoms with van der Waals surface area (Å²) in [5, 5.41) is 10.7. The lowest BCUT2D eigenvalue weighted by atomic mass is 9.78. The van der Waals surface area contributed by atoms with E-state index in [0.29, 0.717) is 0 Å². The highest BCUT2D eigenvalue weighted by atomic mass is 16.3. The van der Waals surface area contributed by atoms with Gasteiger partial charge in [-0.15, -0.1) is 0 Å². The van der Waals surface area contributed by atoms with Crippen molar-refractivity contribution in [1.29, 1.82) is 0 Å². The Morgan fingerprint density at radius 1 is 1.29 bits per heavy atom. The molecule has 3 nitrogen and oxygen atoms in total. The third-order valence-corrected chi connectivity index (χ3v) is 3.84. The number of nitrogens with zero attached hydrogens (tertiary/aromatic N) is 1. The van der Waals surface area contributed by atoms with E-state index >= 15 is 0 Å². The lowest BCUT2D eigenvalue weighted by Crippen LogP contribution is -2.48. The Morgan fingerprint density at radius 3 is 2.24 bits per heavy atom. The Balaban J connectivity index is 2.83. The minimum atomic E-state index is -1.03. The molecule has 0 aromatic carbocycles. The molecule has 1 N–H and O–H groups in total. The fourth-order valence-corrected chi connectivity index (χ4v) is 2.51. The van der Waals surface area contributed by atoms with Crippen LogP contribution >= 0.6 is 0 Å². The molecule has 0 aliphatic carbocycles. The second-order valence-corrected chi connectivity index (χ2v) is 5.30. The Hall–Kier alpha value is -0.830. The lowest BCUT2D eigenvalue weighted by molar-refractivity contribution is -0.142. The molecule has 1 heterocycles. The van der Waals surface area contributed by atoms with Gasteiger partial charge in [-0.1, -0.05) is 32.9 Å². The molecule has 1 rings (SSSR count). The molecule has 1 amide bonds. The molecule has 0 aromatic heterocycles. The van der Waals surface area contributed by atoms with Gasteiger partial charge < -0.3 is 10.0 Å². The van der Waals surface area contributed by atoms with Crippen LogP contribution in [-0.4, -0.2) is 34.6 Å². The Morgan fingerprint density at radius 2 is 1.82 bits per heavy atom. The van der Waals surface area contributed by atoms with Crippen LogP contribution in [0.3, 0.4) is 0 Å². The third kappa shape index (κ3) is 2.89. The van der Waals surface area contributed by atoms with Gasteiger partial charge in [-0.05, 0) is 25.7 Å². The van der Waals surface area contributed by atoms with Crippen molar-refractivity contribution in [2.45, 2.75) is 46.1 Å². The number of amides is 1. The van der Waals surface area contributed by atoms with Crippen molar-refractivity contribution in [1.82, 2.24) is 4.90 Å². The molecule has 0 spiro atoms. The van der Waals surface area contributed by atoms with Crippen molar-refractivity contribution in [2.75, 3.05) is 13.1 Å². The molecule has 1 fully saturated rings. The van der Waals surface area contributed by atoms with E-state index in [1.54, 1.807) is 6.08 Å². The molecule has 2 atom stereocenters. The van der Waals surface area contributed by atoms with E-state index < -0.39 is 5.60 Å². The number of likely N-dealkylation sites (tertiary alicyclic amines) is 1. The van der Waals surface area contributed by atoms with E-state index in [-0.39, 0.29) is 17.7 Å². The molecule has 2 unspecified atom stereocenters. The van der Waals surface area contributed by atoms with Gasteiger partial charge in [0.05, 0.1) is 11.5 Å². The normalized spacial score (nSPS) is 22.1. The van der Waals surface area contributed by atoms with Crippen molar-refractivity contribution < 1.29 is 9.90 Å². The zero-order valence-electron chi connectivity index (χ0n) is 11.4. The van der Waals surface area contributed by atoms with E-state index in [1.807, 2.05) is 38.7 Å². The Labute approximate surface area is 105 Å². The maximum absolute atomic E-state index is 12.3. The van der Waals surface area contributed by atoms with Crippen LogP contribution in [0.5, 0.6) is 0 Å². The zero-order valence-corrected chi connectivity index (χ0v) is 11.4. The van der Waals surface area contributed by atoms with E-state index in [2.05, 4.69) is 0 Å². The van der Waals surface area contributed by atoms with Crippen LogP contribution in [0.4, 0.5) is 0 Å².